The van der Waals surface area contributed by atoms with Gasteiger partial charge in [0.15, 0.2) is 5.78 Å². The standard InChI is InChI=1S/C13H11N3O.C13H10O5/c1-9-6-7-13(17)12(8-9)16-14-10-4-2-3-5-11(10)15-16;14-7-1-3-9(11(16)5-7)13(18)10-4-2-8(15)6-12(10)17/h2-8,17H,1H3;1-6,14-17H. The first-order valence-electron chi connectivity index (χ1n) is 10.4. The van der Waals surface area contributed by atoms with Crippen molar-refractivity contribution in [2.75, 3.05) is 0 Å². The average molecular weight is 471 g/mol. The molecule has 0 saturated carbocycles. The van der Waals surface area contributed by atoms with Crippen molar-refractivity contribution in [3.05, 3.63) is 95.6 Å². The molecule has 9 heteroatoms. The number of aromatic nitrogens is 3. The van der Waals surface area contributed by atoms with Crippen LogP contribution < -0.4 is 0 Å². The van der Waals surface area contributed by atoms with Gasteiger partial charge in [0.05, 0.1) is 11.1 Å². The zero-order valence-electron chi connectivity index (χ0n) is 18.5. The Morgan fingerprint density at radius 2 is 1.17 bits per heavy atom. The molecule has 0 aliphatic rings. The van der Waals surface area contributed by atoms with E-state index in [4.69, 9.17) is 10.2 Å². The van der Waals surface area contributed by atoms with E-state index in [0.29, 0.717) is 5.69 Å². The molecule has 0 aliphatic carbocycles. The molecule has 5 rings (SSSR count). The van der Waals surface area contributed by atoms with E-state index in [1.807, 2.05) is 43.3 Å². The zero-order chi connectivity index (χ0) is 25.1. The molecule has 176 valence electrons. The maximum Gasteiger partial charge on any atom is 0.200 e. The van der Waals surface area contributed by atoms with E-state index in [1.54, 1.807) is 6.07 Å². The van der Waals surface area contributed by atoms with Gasteiger partial charge in [-0.2, -0.15) is 0 Å². The number of hydrogen-bond acceptors (Lipinski definition) is 8. The molecule has 0 bridgehead atoms. The normalized spacial score (nSPS) is 10.5. The molecule has 1 heterocycles. The number of benzene rings is 4. The molecule has 35 heavy (non-hydrogen) atoms. The summed E-state index contributed by atoms with van der Waals surface area (Å²) in [6, 6.07) is 20.0. The first-order valence-corrected chi connectivity index (χ1v) is 10.4. The van der Waals surface area contributed by atoms with Crippen molar-refractivity contribution < 1.29 is 30.3 Å². The van der Waals surface area contributed by atoms with Gasteiger partial charge in [-0.3, -0.25) is 4.79 Å². The van der Waals surface area contributed by atoms with Crippen molar-refractivity contribution in [2.24, 2.45) is 0 Å². The van der Waals surface area contributed by atoms with Gasteiger partial charge in [0.2, 0.25) is 0 Å². The molecular weight excluding hydrogens is 450 g/mol. The third-order valence-electron chi connectivity index (χ3n) is 5.08. The van der Waals surface area contributed by atoms with E-state index in [2.05, 4.69) is 10.2 Å². The van der Waals surface area contributed by atoms with E-state index in [9.17, 15) is 20.1 Å². The molecule has 0 saturated heterocycles. The molecule has 0 atom stereocenters. The number of phenolic OH excluding ortho intramolecular Hbond substituents is 5. The highest BCUT2D eigenvalue weighted by molar-refractivity contribution is 6.12. The average Bonchev–Trinajstić information content (AvgIpc) is 3.25. The lowest BCUT2D eigenvalue weighted by Crippen LogP contribution is -2.01. The lowest BCUT2D eigenvalue weighted by molar-refractivity contribution is 0.103. The van der Waals surface area contributed by atoms with Crippen LogP contribution in [0, 0.1) is 6.92 Å². The number of carbonyl (C=O) groups is 1. The third kappa shape index (κ3) is 4.98. The Labute approximate surface area is 199 Å². The third-order valence-corrected chi connectivity index (χ3v) is 5.08. The number of aryl methyl sites for hydroxylation is 1. The SMILES string of the molecule is Cc1ccc(O)c(-n2nc3ccccc3n2)c1.O=C(c1ccc(O)cc1O)c1ccc(O)cc1O. The summed E-state index contributed by atoms with van der Waals surface area (Å²) in [4.78, 5) is 13.5. The van der Waals surface area contributed by atoms with Gasteiger partial charge in [0, 0.05) is 12.1 Å². The van der Waals surface area contributed by atoms with E-state index in [1.165, 1.54) is 29.1 Å². The molecule has 0 aliphatic heterocycles. The van der Waals surface area contributed by atoms with Crippen LogP contribution in [0.15, 0.2) is 78.9 Å². The minimum absolute atomic E-state index is 0.0474. The van der Waals surface area contributed by atoms with Gasteiger partial charge in [0.25, 0.3) is 0 Å². The molecule has 9 nitrogen and oxygen atoms in total. The summed E-state index contributed by atoms with van der Waals surface area (Å²) in [7, 11) is 0. The summed E-state index contributed by atoms with van der Waals surface area (Å²) in [6.07, 6.45) is 0. The minimum atomic E-state index is -0.606. The van der Waals surface area contributed by atoms with Crippen LogP contribution in [0.4, 0.5) is 0 Å². The van der Waals surface area contributed by atoms with Crippen LogP contribution in [0.5, 0.6) is 28.7 Å². The highest BCUT2D eigenvalue weighted by Crippen LogP contribution is 2.29. The number of rotatable bonds is 3. The Morgan fingerprint density at radius 1 is 0.657 bits per heavy atom. The van der Waals surface area contributed by atoms with Gasteiger partial charge >= 0.3 is 0 Å². The summed E-state index contributed by atoms with van der Waals surface area (Å²) in [5, 5.41) is 55.8. The number of aromatic hydroxyl groups is 5. The number of fused-ring (bicyclic) bond motifs is 1. The number of phenols is 5. The van der Waals surface area contributed by atoms with Crippen LogP contribution >= 0.6 is 0 Å². The highest BCUT2D eigenvalue weighted by Gasteiger charge is 2.17. The summed E-state index contributed by atoms with van der Waals surface area (Å²) in [5.41, 5.74) is 3.18. The lowest BCUT2D eigenvalue weighted by Gasteiger charge is -2.06. The fraction of sp³-hybridized carbons (Fsp3) is 0.0385. The number of ketones is 1. The number of hydrogen-bond donors (Lipinski definition) is 5. The van der Waals surface area contributed by atoms with Crippen LogP contribution in [0.25, 0.3) is 16.7 Å². The second-order valence-electron chi connectivity index (χ2n) is 7.70. The van der Waals surface area contributed by atoms with Crippen molar-refractivity contribution in [1.82, 2.24) is 15.0 Å². The first kappa shape index (κ1) is 23.1. The molecule has 0 unspecified atom stereocenters. The lowest BCUT2D eigenvalue weighted by atomic mass is 10.0. The Kier molecular flexibility index (Phi) is 6.23. The minimum Gasteiger partial charge on any atom is -0.508 e. The molecule has 0 spiro atoms. The van der Waals surface area contributed by atoms with Crippen LogP contribution in [0.1, 0.15) is 21.5 Å². The van der Waals surface area contributed by atoms with Crippen molar-refractivity contribution in [3.8, 4) is 34.4 Å². The Hall–Kier alpha value is -5.05. The van der Waals surface area contributed by atoms with Crippen molar-refractivity contribution in [2.45, 2.75) is 6.92 Å². The van der Waals surface area contributed by atoms with Gasteiger partial charge in [-0.25, -0.2) is 0 Å². The Balaban J connectivity index is 0.000000165. The smallest absolute Gasteiger partial charge is 0.200 e. The predicted molar refractivity (Wildman–Crippen MR) is 128 cm³/mol. The summed E-state index contributed by atoms with van der Waals surface area (Å²) in [6.45, 7) is 1.96. The second-order valence-corrected chi connectivity index (χ2v) is 7.70. The molecule has 0 fully saturated rings. The first-order chi connectivity index (χ1) is 16.7. The highest BCUT2D eigenvalue weighted by atomic mass is 16.3. The second kappa shape index (κ2) is 9.44. The van der Waals surface area contributed by atoms with E-state index in [0.717, 1.165) is 28.7 Å². The Morgan fingerprint density at radius 3 is 1.66 bits per heavy atom. The fourth-order valence-corrected chi connectivity index (χ4v) is 3.33. The Bertz CT molecular complexity index is 1460. The van der Waals surface area contributed by atoms with Gasteiger partial charge in [-0.05, 0) is 61.0 Å². The van der Waals surface area contributed by atoms with Gasteiger partial charge < -0.3 is 25.5 Å². The van der Waals surface area contributed by atoms with Crippen LogP contribution in [0.3, 0.4) is 0 Å². The van der Waals surface area contributed by atoms with Crippen LogP contribution in [0.2, 0.25) is 0 Å². The molecule has 1 aromatic heterocycles. The molecular formula is C26H21N3O6. The topological polar surface area (TPSA) is 149 Å². The van der Waals surface area contributed by atoms with E-state index in [-0.39, 0.29) is 39.9 Å². The number of carbonyl (C=O) groups excluding carboxylic acids is 1. The summed E-state index contributed by atoms with van der Waals surface area (Å²) in [5.74, 6) is -1.53. The van der Waals surface area contributed by atoms with E-state index >= 15 is 0 Å². The molecule has 5 N–H and O–H groups in total. The number of nitrogens with zero attached hydrogens (tertiary/aromatic N) is 3. The molecule has 5 aromatic rings. The van der Waals surface area contributed by atoms with Gasteiger partial charge in [-0.15, -0.1) is 15.0 Å². The van der Waals surface area contributed by atoms with Crippen molar-refractivity contribution in [3.63, 3.8) is 0 Å². The van der Waals surface area contributed by atoms with Gasteiger partial charge in [-0.1, -0.05) is 18.2 Å². The van der Waals surface area contributed by atoms with Crippen LogP contribution in [-0.4, -0.2) is 46.3 Å². The fourth-order valence-electron chi connectivity index (χ4n) is 3.33. The largest absolute Gasteiger partial charge is 0.508 e. The van der Waals surface area contributed by atoms with Crippen molar-refractivity contribution >= 4 is 16.8 Å². The summed E-state index contributed by atoms with van der Waals surface area (Å²) < 4.78 is 0. The molecule has 4 aromatic carbocycles. The maximum atomic E-state index is 12.0. The zero-order valence-corrected chi connectivity index (χ0v) is 18.5. The van der Waals surface area contributed by atoms with Crippen molar-refractivity contribution in [1.29, 1.82) is 0 Å². The summed E-state index contributed by atoms with van der Waals surface area (Å²) >= 11 is 0. The molecule has 0 amide bonds. The van der Waals surface area contributed by atoms with Crippen LogP contribution in [-0.2, 0) is 0 Å². The monoisotopic (exact) mass is 471 g/mol. The predicted octanol–water partition coefficient (Wildman–Crippen LogP) is 4.17. The van der Waals surface area contributed by atoms with E-state index < -0.39 is 5.78 Å². The molecule has 0 radical (unpaired) electrons. The van der Waals surface area contributed by atoms with Gasteiger partial charge in [0.1, 0.15) is 45.5 Å². The quantitative estimate of drug-likeness (QED) is 0.246. The maximum absolute atomic E-state index is 12.0.